The zero-order valence-corrected chi connectivity index (χ0v) is 10.9. The van der Waals surface area contributed by atoms with Crippen LogP contribution in [0.1, 0.15) is 32.8 Å². The molecule has 1 aromatic carbocycles. The predicted octanol–water partition coefficient (Wildman–Crippen LogP) is -0.548. The largest absolute Gasteiger partial charge is 1.00 e. The van der Waals surface area contributed by atoms with Crippen molar-refractivity contribution in [3.63, 3.8) is 0 Å². The van der Waals surface area contributed by atoms with Crippen LogP contribution in [0.3, 0.4) is 0 Å². The standard InChI is InChI=1S/C11H16O.Na/c1-4-11(2,3)9-5-7-10(12)8-6-9;/h5-8,12H,4H2,1-3H3;/q;+1/p-1. The topological polar surface area (TPSA) is 23.1 Å². The molecule has 2 heteroatoms. The van der Waals surface area contributed by atoms with Gasteiger partial charge in [0, 0.05) is 0 Å². The smallest absolute Gasteiger partial charge is 0.872 e. The first-order valence-corrected chi connectivity index (χ1v) is 4.34. The van der Waals surface area contributed by atoms with E-state index in [1.165, 1.54) is 5.56 Å². The first kappa shape index (κ1) is 13.0. The van der Waals surface area contributed by atoms with Gasteiger partial charge in [0.2, 0.25) is 0 Å². The SMILES string of the molecule is CCC(C)(C)c1ccc([O-])cc1.[Na+]. The van der Waals surface area contributed by atoms with Gasteiger partial charge >= 0.3 is 29.6 Å². The van der Waals surface area contributed by atoms with Crippen LogP contribution in [0.2, 0.25) is 0 Å². The van der Waals surface area contributed by atoms with Gasteiger partial charge < -0.3 is 5.11 Å². The molecule has 0 saturated heterocycles. The molecule has 0 aliphatic rings. The van der Waals surface area contributed by atoms with E-state index in [1.807, 2.05) is 12.1 Å². The molecule has 0 aliphatic heterocycles. The maximum absolute atomic E-state index is 10.8. The third-order valence-corrected chi connectivity index (χ3v) is 2.52. The maximum atomic E-state index is 10.8. The number of hydrogen-bond acceptors (Lipinski definition) is 1. The van der Waals surface area contributed by atoms with Crippen molar-refractivity contribution in [2.45, 2.75) is 32.6 Å². The fraction of sp³-hybridized carbons (Fsp3) is 0.455. The molecule has 0 aromatic heterocycles. The summed E-state index contributed by atoms with van der Waals surface area (Å²) in [5.41, 5.74) is 1.43. The molecule has 1 aromatic rings. The second kappa shape index (κ2) is 5.04. The van der Waals surface area contributed by atoms with Crippen molar-refractivity contribution in [3.05, 3.63) is 29.8 Å². The van der Waals surface area contributed by atoms with Gasteiger partial charge in [-0.05, 0) is 17.4 Å². The molecule has 0 spiro atoms. The van der Waals surface area contributed by atoms with Crippen molar-refractivity contribution in [1.82, 2.24) is 0 Å². The number of rotatable bonds is 2. The molecule has 0 heterocycles. The Morgan fingerprint density at radius 1 is 1.15 bits per heavy atom. The number of hydrogen-bond donors (Lipinski definition) is 0. The average Bonchev–Trinajstić information content (AvgIpc) is 2.05. The summed E-state index contributed by atoms with van der Waals surface area (Å²) in [4.78, 5) is 0. The van der Waals surface area contributed by atoms with E-state index >= 15 is 0 Å². The minimum absolute atomic E-state index is 0. The molecule has 0 bridgehead atoms. The molecule has 0 saturated carbocycles. The van der Waals surface area contributed by atoms with Crippen LogP contribution in [-0.4, -0.2) is 0 Å². The molecule has 0 atom stereocenters. The zero-order chi connectivity index (χ0) is 9.19. The summed E-state index contributed by atoms with van der Waals surface area (Å²) < 4.78 is 0. The van der Waals surface area contributed by atoms with Gasteiger partial charge in [-0.2, -0.15) is 0 Å². The summed E-state index contributed by atoms with van der Waals surface area (Å²) in [6.45, 7) is 6.53. The second-order valence-corrected chi connectivity index (χ2v) is 3.76. The summed E-state index contributed by atoms with van der Waals surface area (Å²) in [5.74, 6) is 0.0886. The zero-order valence-electron chi connectivity index (χ0n) is 8.92. The first-order chi connectivity index (χ1) is 5.56. The Kier molecular flexibility index (Phi) is 5.05. The van der Waals surface area contributed by atoms with Crippen molar-refractivity contribution in [2.24, 2.45) is 0 Å². The van der Waals surface area contributed by atoms with Crippen molar-refractivity contribution >= 4 is 0 Å². The minimum Gasteiger partial charge on any atom is -0.872 e. The Hall–Kier alpha value is 0.0200. The van der Waals surface area contributed by atoms with Crippen LogP contribution in [0.5, 0.6) is 5.75 Å². The quantitative estimate of drug-likeness (QED) is 0.568. The molecular weight excluding hydrogens is 171 g/mol. The van der Waals surface area contributed by atoms with Crippen molar-refractivity contribution in [2.75, 3.05) is 0 Å². The van der Waals surface area contributed by atoms with Crippen molar-refractivity contribution in [3.8, 4) is 5.75 Å². The van der Waals surface area contributed by atoms with E-state index in [2.05, 4.69) is 20.8 Å². The molecule has 0 radical (unpaired) electrons. The van der Waals surface area contributed by atoms with Crippen LogP contribution in [0.25, 0.3) is 0 Å². The normalized spacial score (nSPS) is 10.7. The van der Waals surface area contributed by atoms with Gasteiger partial charge in [0.15, 0.2) is 0 Å². The van der Waals surface area contributed by atoms with Gasteiger partial charge in [0.1, 0.15) is 0 Å². The molecule has 13 heavy (non-hydrogen) atoms. The molecule has 1 rings (SSSR count). The Labute approximate surface area is 102 Å². The maximum Gasteiger partial charge on any atom is 1.00 e. The molecule has 0 fully saturated rings. The predicted molar refractivity (Wildman–Crippen MR) is 49.2 cm³/mol. The fourth-order valence-corrected chi connectivity index (χ4v) is 1.11. The summed E-state index contributed by atoms with van der Waals surface area (Å²) in [6.07, 6.45) is 1.09. The van der Waals surface area contributed by atoms with Gasteiger partial charge in [-0.15, -0.1) is 5.75 Å². The van der Waals surface area contributed by atoms with Gasteiger partial charge in [-0.25, -0.2) is 0 Å². The van der Waals surface area contributed by atoms with Gasteiger partial charge in [0.05, 0.1) is 0 Å². The molecule has 0 N–H and O–H groups in total. The molecular formula is C11H15NaO. The van der Waals surface area contributed by atoms with E-state index in [1.54, 1.807) is 12.1 Å². The van der Waals surface area contributed by atoms with Crippen LogP contribution in [-0.2, 0) is 5.41 Å². The average molecular weight is 186 g/mol. The van der Waals surface area contributed by atoms with E-state index in [0.717, 1.165) is 6.42 Å². The van der Waals surface area contributed by atoms with Crippen LogP contribution >= 0.6 is 0 Å². The van der Waals surface area contributed by atoms with Gasteiger partial charge in [0.25, 0.3) is 0 Å². The summed E-state index contributed by atoms with van der Waals surface area (Å²) in [6, 6.07) is 7.11. The minimum atomic E-state index is 0. The van der Waals surface area contributed by atoms with E-state index in [-0.39, 0.29) is 40.7 Å². The Morgan fingerprint density at radius 2 is 1.62 bits per heavy atom. The van der Waals surface area contributed by atoms with E-state index in [4.69, 9.17) is 0 Å². The van der Waals surface area contributed by atoms with E-state index in [9.17, 15) is 5.11 Å². The Bertz CT molecular complexity index is 251. The molecule has 66 valence electrons. The van der Waals surface area contributed by atoms with Crippen LogP contribution in [0, 0.1) is 0 Å². The summed E-state index contributed by atoms with van der Waals surface area (Å²) in [7, 11) is 0. The first-order valence-electron chi connectivity index (χ1n) is 4.34. The summed E-state index contributed by atoms with van der Waals surface area (Å²) in [5, 5.41) is 10.8. The molecule has 1 nitrogen and oxygen atoms in total. The Balaban J connectivity index is 0.00000144. The fourth-order valence-electron chi connectivity index (χ4n) is 1.11. The molecule has 0 amide bonds. The van der Waals surface area contributed by atoms with Crippen LogP contribution in [0.15, 0.2) is 24.3 Å². The third-order valence-electron chi connectivity index (χ3n) is 2.52. The van der Waals surface area contributed by atoms with Crippen molar-refractivity contribution < 1.29 is 34.7 Å². The second-order valence-electron chi connectivity index (χ2n) is 3.76. The molecule has 0 aliphatic carbocycles. The third kappa shape index (κ3) is 3.34. The molecule has 0 unspecified atom stereocenters. The monoisotopic (exact) mass is 186 g/mol. The van der Waals surface area contributed by atoms with Crippen LogP contribution < -0.4 is 34.7 Å². The van der Waals surface area contributed by atoms with Crippen molar-refractivity contribution in [1.29, 1.82) is 0 Å². The van der Waals surface area contributed by atoms with Gasteiger partial charge in [-0.3, -0.25) is 0 Å². The van der Waals surface area contributed by atoms with Gasteiger partial charge in [-0.1, -0.05) is 45.0 Å². The van der Waals surface area contributed by atoms with E-state index in [0.29, 0.717) is 0 Å². The Morgan fingerprint density at radius 3 is 2.00 bits per heavy atom. The van der Waals surface area contributed by atoms with E-state index < -0.39 is 0 Å². The number of benzene rings is 1. The van der Waals surface area contributed by atoms with Crippen LogP contribution in [0.4, 0.5) is 0 Å². The summed E-state index contributed by atoms with van der Waals surface area (Å²) >= 11 is 0.